The summed E-state index contributed by atoms with van der Waals surface area (Å²) in [6.07, 6.45) is -6.12. The lowest BCUT2D eigenvalue weighted by Crippen LogP contribution is -2.52. The number of hydrogen-bond acceptors (Lipinski definition) is 1. The normalized spacial score (nSPS) is 12.7. The number of halogens is 5. The summed E-state index contributed by atoms with van der Waals surface area (Å²) >= 11 is 0. The first-order chi connectivity index (χ1) is 8.00. The molecule has 4 nitrogen and oxygen atoms in total. The zero-order chi connectivity index (χ0) is 14.3. The maximum absolute atomic E-state index is 12.7. The van der Waals surface area contributed by atoms with Crippen molar-refractivity contribution >= 4 is 5.91 Å². The van der Waals surface area contributed by atoms with Crippen LogP contribution in [-0.4, -0.2) is 27.8 Å². The Kier molecular flexibility index (Phi) is 3.39. The number of rotatable bonds is 2. The van der Waals surface area contributed by atoms with Gasteiger partial charge in [-0.15, -0.1) is 5.06 Å². The molecule has 0 aliphatic rings. The maximum atomic E-state index is 12.7. The van der Waals surface area contributed by atoms with Gasteiger partial charge in [0.1, 0.15) is 5.69 Å². The van der Waals surface area contributed by atoms with E-state index in [2.05, 4.69) is 0 Å². The number of nitrogens with zero attached hydrogens (tertiary/aromatic N) is 2. The summed E-state index contributed by atoms with van der Waals surface area (Å²) in [5, 5.41) is 9.00. The molecule has 0 N–H and O–H groups in total. The van der Waals surface area contributed by atoms with Crippen LogP contribution in [0.25, 0.3) is 0 Å². The van der Waals surface area contributed by atoms with Crippen LogP contribution in [0.15, 0.2) is 12.1 Å². The molecule has 0 fully saturated rings. The number of amides is 1. The second kappa shape index (κ2) is 4.23. The van der Waals surface area contributed by atoms with E-state index in [0.29, 0.717) is 5.69 Å². The number of hydrogen-bond donors (Lipinski definition) is 0. The molecule has 0 saturated heterocycles. The van der Waals surface area contributed by atoms with Crippen LogP contribution in [0, 0.1) is 6.92 Å². The molecule has 9 heteroatoms. The second-order valence-electron chi connectivity index (χ2n) is 3.56. The van der Waals surface area contributed by atoms with E-state index in [9.17, 15) is 32.0 Å². The third kappa shape index (κ3) is 2.17. The van der Waals surface area contributed by atoms with Crippen LogP contribution in [0.2, 0.25) is 0 Å². The number of carbonyl (C=O) groups is 1. The molecule has 1 heterocycles. The van der Waals surface area contributed by atoms with Crippen molar-refractivity contribution in [2.45, 2.75) is 19.1 Å². The highest BCUT2D eigenvalue weighted by Crippen LogP contribution is 2.38. The molecule has 18 heavy (non-hydrogen) atoms. The number of carbonyl (C=O) groups excluding carboxylic acids is 1. The minimum Gasteiger partial charge on any atom is -0.344 e. The Morgan fingerprint density at radius 1 is 1.22 bits per heavy atom. The molecule has 0 unspecified atom stereocenters. The molecule has 1 aromatic heterocycles. The Morgan fingerprint density at radius 3 is 2.06 bits per heavy atom. The van der Waals surface area contributed by atoms with Crippen LogP contribution in [0.3, 0.4) is 0 Å². The Morgan fingerprint density at radius 2 is 1.72 bits per heavy atom. The van der Waals surface area contributed by atoms with Crippen molar-refractivity contribution in [1.29, 1.82) is 0 Å². The molecule has 0 aromatic carbocycles. The van der Waals surface area contributed by atoms with Gasteiger partial charge in [-0.1, -0.05) is 5.21 Å². The van der Waals surface area contributed by atoms with Gasteiger partial charge < -0.3 is 4.57 Å². The predicted molar refractivity (Wildman–Crippen MR) is 48.0 cm³/mol. The third-order valence-electron chi connectivity index (χ3n) is 2.37. The first kappa shape index (κ1) is 14.4. The summed E-state index contributed by atoms with van der Waals surface area (Å²) in [5.74, 6) is -1.95. The number of aryl methyl sites for hydroxylation is 1. The van der Waals surface area contributed by atoms with E-state index in [1.165, 1.54) is 20.0 Å². The molecular formula is C9H8F5N2O2. The molecule has 0 bridgehead atoms. The fraction of sp³-hybridized carbons (Fsp3) is 0.444. The van der Waals surface area contributed by atoms with E-state index in [-0.39, 0.29) is 0 Å². The molecule has 0 spiro atoms. The highest BCUT2D eigenvalue weighted by atomic mass is 19.4. The summed E-state index contributed by atoms with van der Waals surface area (Å²) in [4.78, 5) is 11.3. The van der Waals surface area contributed by atoms with E-state index in [1.807, 2.05) is 0 Å². The van der Waals surface area contributed by atoms with Crippen molar-refractivity contribution < 1.29 is 32.0 Å². The molecule has 1 aromatic rings. The van der Waals surface area contributed by atoms with Gasteiger partial charge in [-0.25, -0.2) is 0 Å². The minimum atomic E-state index is -6.12. The fourth-order valence-electron chi connectivity index (χ4n) is 1.17. The van der Waals surface area contributed by atoms with E-state index < -0.39 is 28.9 Å². The number of alkyl halides is 5. The lowest BCUT2D eigenvalue weighted by molar-refractivity contribution is -0.397. The van der Waals surface area contributed by atoms with E-state index in [1.54, 1.807) is 0 Å². The van der Waals surface area contributed by atoms with Gasteiger partial charge in [0.15, 0.2) is 0 Å². The highest BCUT2D eigenvalue weighted by Gasteiger charge is 2.65. The molecule has 1 amide bonds. The van der Waals surface area contributed by atoms with Crippen LogP contribution in [0.5, 0.6) is 0 Å². The van der Waals surface area contributed by atoms with Crippen molar-refractivity contribution in [3.8, 4) is 0 Å². The van der Waals surface area contributed by atoms with Gasteiger partial charge in [0.25, 0.3) is 0 Å². The van der Waals surface area contributed by atoms with Crippen LogP contribution in [0.4, 0.5) is 22.0 Å². The summed E-state index contributed by atoms with van der Waals surface area (Å²) in [5.41, 5.74) is -0.117. The van der Waals surface area contributed by atoms with Gasteiger partial charge in [0, 0.05) is 12.7 Å². The summed E-state index contributed by atoms with van der Waals surface area (Å²) in [6.45, 7) is 1.49. The van der Waals surface area contributed by atoms with Crippen molar-refractivity contribution in [3.63, 3.8) is 0 Å². The van der Waals surface area contributed by atoms with Crippen molar-refractivity contribution in [2.75, 3.05) is 0 Å². The Hall–Kier alpha value is -1.64. The molecule has 0 atom stereocenters. The molecule has 0 aliphatic carbocycles. The predicted octanol–water partition coefficient (Wildman–Crippen LogP) is 2.28. The average molecular weight is 271 g/mol. The summed E-state index contributed by atoms with van der Waals surface area (Å²) < 4.78 is 62.1. The minimum absolute atomic E-state index is 0.432. The van der Waals surface area contributed by atoms with Crippen molar-refractivity contribution in [3.05, 3.63) is 23.5 Å². The second-order valence-corrected chi connectivity index (χ2v) is 3.56. The topological polar surface area (TPSA) is 45.1 Å². The van der Waals surface area contributed by atoms with Crippen molar-refractivity contribution in [2.24, 2.45) is 7.05 Å². The van der Waals surface area contributed by atoms with Gasteiger partial charge in [0.05, 0.1) is 0 Å². The lowest BCUT2D eigenvalue weighted by Gasteiger charge is -2.24. The molecule has 0 saturated carbocycles. The van der Waals surface area contributed by atoms with Crippen LogP contribution in [-0.2, 0) is 12.3 Å². The fourth-order valence-corrected chi connectivity index (χ4v) is 1.17. The van der Waals surface area contributed by atoms with Crippen LogP contribution < -0.4 is 0 Å². The van der Waals surface area contributed by atoms with E-state index >= 15 is 0 Å². The van der Waals surface area contributed by atoms with Crippen molar-refractivity contribution in [1.82, 2.24) is 9.63 Å². The molecular weight excluding hydrogens is 263 g/mol. The van der Waals surface area contributed by atoms with Gasteiger partial charge in [-0.3, -0.25) is 4.79 Å². The third-order valence-corrected chi connectivity index (χ3v) is 2.37. The zero-order valence-electron chi connectivity index (χ0n) is 9.26. The molecule has 0 aliphatic heterocycles. The molecule has 101 valence electrons. The average Bonchev–Trinajstić information content (AvgIpc) is 2.56. The Bertz CT molecular complexity index is 466. The van der Waals surface area contributed by atoms with E-state index in [0.717, 1.165) is 10.6 Å². The first-order valence-corrected chi connectivity index (χ1v) is 4.58. The Labute approximate surface area is 98.2 Å². The Balaban J connectivity index is 3.09. The summed E-state index contributed by atoms with van der Waals surface area (Å²) in [7, 11) is 1.27. The van der Waals surface area contributed by atoms with E-state index in [4.69, 9.17) is 0 Å². The van der Waals surface area contributed by atoms with Crippen LogP contribution in [0.1, 0.15) is 16.2 Å². The standard InChI is InChI=1S/C9H8F5N2O2/c1-5-3-4-6(15(5)2)7(17)16(18)9(13,14)8(10,11)12/h3-4H,1-2H3. The quantitative estimate of drug-likeness (QED) is 0.462. The largest absolute Gasteiger partial charge is 0.478 e. The SMILES string of the molecule is Cc1ccc(C(=O)N([O])C(F)(F)C(F)(F)F)n1C. The maximum Gasteiger partial charge on any atom is 0.478 e. The monoisotopic (exact) mass is 271 g/mol. The molecule has 1 rings (SSSR count). The van der Waals surface area contributed by atoms with Gasteiger partial charge in [0.2, 0.25) is 0 Å². The number of hydroxylamine groups is 2. The highest BCUT2D eigenvalue weighted by molar-refractivity contribution is 5.92. The zero-order valence-corrected chi connectivity index (χ0v) is 9.26. The van der Waals surface area contributed by atoms with Gasteiger partial charge >= 0.3 is 18.1 Å². The smallest absolute Gasteiger partial charge is 0.344 e. The van der Waals surface area contributed by atoms with Gasteiger partial charge in [-0.05, 0) is 19.1 Å². The number of aromatic nitrogens is 1. The summed E-state index contributed by atoms with van der Waals surface area (Å²) in [6, 6.07) is -3.45. The van der Waals surface area contributed by atoms with Crippen LogP contribution >= 0.6 is 0 Å². The first-order valence-electron chi connectivity index (χ1n) is 4.58. The lowest BCUT2D eigenvalue weighted by atomic mass is 10.3. The molecule has 1 radical (unpaired) electrons. The van der Waals surface area contributed by atoms with Gasteiger partial charge in [-0.2, -0.15) is 22.0 Å².